The molecule has 0 unspecified atom stereocenters. The third kappa shape index (κ3) is 1.21. The van der Waals surface area contributed by atoms with Crippen LogP contribution in [0.15, 0.2) is 24.4 Å². The quantitative estimate of drug-likeness (QED) is 0.701. The summed E-state index contributed by atoms with van der Waals surface area (Å²) in [6.45, 7) is 0. The van der Waals surface area contributed by atoms with E-state index in [2.05, 4.69) is 4.98 Å². The first-order valence-corrected chi connectivity index (χ1v) is 4.03. The first kappa shape index (κ1) is 8.26. The molecule has 2 nitrogen and oxygen atoms in total. The van der Waals surface area contributed by atoms with Crippen LogP contribution in [0.1, 0.15) is 10.4 Å². The minimum absolute atomic E-state index is 0.312. The molecule has 0 aliphatic rings. The van der Waals surface area contributed by atoms with E-state index in [4.69, 9.17) is 11.6 Å². The second-order valence-corrected chi connectivity index (χ2v) is 2.98. The number of hydrogen-bond acceptors (Lipinski definition) is 1. The van der Waals surface area contributed by atoms with Crippen molar-refractivity contribution >= 4 is 27.7 Å². The van der Waals surface area contributed by atoms with Gasteiger partial charge < -0.3 is 4.98 Å². The van der Waals surface area contributed by atoms with Crippen molar-refractivity contribution in [2.75, 3.05) is 0 Å². The number of carbonyl (C=O) groups is 1. The fraction of sp³-hybridized carbons (Fsp3) is 0. The summed E-state index contributed by atoms with van der Waals surface area (Å²) in [5.74, 6) is -0.387. The molecule has 0 spiro atoms. The largest absolute Gasteiger partial charge is 0.359 e. The second kappa shape index (κ2) is 2.85. The molecule has 0 fully saturated rings. The van der Waals surface area contributed by atoms with Crippen molar-refractivity contribution in [2.24, 2.45) is 0 Å². The van der Waals surface area contributed by atoms with Crippen LogP contribution in [0.4, 0.5) is 4.39 Å². The second-order valence-electron chi connectivity index (χ2n) is 2.63. The predicted octanol–water partition coefficient (Wildman–Crippen LogP) is 2.69. The first-order valence-electron chi connectivity index (χ1n) is 3.65. The summed E-state index contributed by atoms with van der Waals surface area (Å²) >= 11 is 5.32. The Labute approximate surface area is 78.3 Å². The molecule has 2 aromatic rings. The summed E-state index contributed by atoms with van der Waals surface area (Å²) in [5, 5.41) is -0.0652. The van der Waals surface area contributed by atoms with Crippen LogP contribution in [0.5, 0.6) is 0 Å². The van der Waals surface area contributed by atoms with Gasteiger partial charge in [-0.05, 0) is 29.8 Å². The normalized spacial score (nSPS) is 10.6. The van der Waals surface area contributed by atoms with Gasteiger partial charge in [0.2, 0.25) is 0 Å². The van der Waals surface area contributed by atoms with Crippen LogP contribution in [0, 0.1) is 5.82 Å². The summed E-state index contributed by atoms with van der Waals surface area (Å²) in [6.07, 6.45) is 1.57. The molecule has 1 N–H and O–H groups in total. The Kier molecular flexibility index (Phi) is 1.81. The van der Waals surface area contributed by atoms with Crippen molar-refractivity contribution in [1.29, 1.82) is 0 Å². The maximum Gasteiger partial charge on any atom is 0.253 e. The molecular formula is C9H5ClFNO. The van der Waals surface area contributed by atoms with E-state index in [1.165, 1.54) is 12.1 Å². The van der Waals surface area contributed by atoms with E-state index in [1.807, 2.05) is 0 Å². The molecule has 0 radical (unpaired) electrons. The summed E-state index contributed by atoms with van der Waals surface area (Å²) in [4.78, 5) is 13.6. The zero-order valence-electron chi connectivity index (χ0n) is 6.47. The van der Waals surface area contributed by atoms with Gasteiger partial charge in [-0.25, -0.2) is 4.39 Å². The number of benzene rings is 1. The van der Waals surface area contributed by atoms with Crippen molar-refractivity contribution in [3.8, 4) is 0 Å². The predicted molar refractivity (Wildman–Crippen MR) is 48.4 cm³/mol. The fourth-order valence-electron chi connectivity index (χ4n) is 1.29. The van der Waals surface area contributed by atoms with E-state index in [0.717, 1.165) is 0 Å². The molecular weight excluding hydrogens is 193 g/mol. The molecule has 4 heteroatoms. The first-order chi connectivity index (χ1) is 6.20. The molecule has 0 amide bonds. The lowest BCUT2D eigenvalue weighted by molar-refractivity contribution is 0.108. The lowest BCUT2D eigenvalue weighted by Crippen LogP contribution is -1.90. The Balaban J connectivity index is 2.86. The molecule has 0 aliphatic carbocycles. The molecule has 0 atom stereocenters. The van der Waals surface area contributed by atoms with Gasteiger partial charge in [0.25, 0.3) is 5.24 Å². The highest BCUT2D eigenvalue weighted by atomic mass is 35.5. The molecule has 1 aromatic heterocycles. The lowest BCUT2D eigenvalue weighted by atomic mass is 10.1. The fourth-order valence-corrected chi connectivity index (χ4v) is 1.46. The van der Waals surface area contributed by atoms with Crippen LogP contribution < -0.4 is 0 Å². The van der Waals surface area contributed by atoms with Crippen molar-refractivity contribution in [1.82, 2.24) is 4.98 Å². The van der Waals surface area contributed by atoms with Gasteiger partial charge in [-0.15, -0.1) is 0 Å². The number of hydrogen-bond donors (Lipinski definition) is 1. The minimum atomic E-state index is -0.579. The SMILES string of the molecule is O=C(Cl)c1ccc(F)c2[nH]ccc12. The van der Waals surface area contributed by atoms with Crippen LogP contribution in [0.2, 0.25) is 0 Å². The summed E-state index contributed by atoms with van der Waals surface area (Å²) in [7, 11) is 0. The van der Waals surface area contributed by atoms with Crippen molar-refractivity contribution in [3.05, 3.63) is 35.8 Å². The van der Waals surface area contributed by atoms with E-state index in [-0.39, 0.29) is 5.82 Å². The van der Waals surface area contributed by atoms with Crippen molar-refractivity contribution < 1.29 is 9.18 Å². The average Bonchev–Trinajstić information content (AvgIpc) is 2.53. The molecule has 0 aliphatic heterocycles. The third-order valence-corrected chi connectivity index (χ3v) is 2.09. The number of nitrogens with one attached hydrogen (secondary N) is 1. The highest BCUT2D eigenvalue weighted by Crippen LogP contribution is 2.21. The topological polar surface area (TPSA) is 32.9 Å². The van der Waals surface area contributed by atoms with Gasteiger partial charge in [-0.2, -0.15) is 0 Å². The van der Waals surface area contributed by atoms with E-state index in [1.54, 1.807) is 12.3 Å². The molecule has 1 heterocycles. The lowest BCUT2D eigenvalue weighted by Gasteiger charge is -1.97. The Morgan fingerprint density at radius 2 is 2.15 bits per heavy atom. The number of carbonyl (C=O) groups excluding carboxylic acids is 1. The van der Waals surface area contributed by atoms with Gasteiger partial charge in [0.15, 0.2) is 0 Å². The number of rotatable bonds is 1. The molecule has 13 heavy (non-hydrogen) atoms. The number of H-pyrrole nitrogens is 1. The number of aromatic amines is 1. The van der Waals surface area contributed by atoms with Gasteiger partial charge in [-0.3, -0.25) is 4.79 Å². The van der Waals surface area contributed by atoms with E-state index >= 15 is 0 Å². The minimum Gasteiger partial charge on any atom is -0.359 e. The molecule has 0 saturated carbocycles. The molecule has 0 saturated heterocycles. The Hall–Kier alpha value is -1.35. The Morgan fingerprint density at radius 1 is 1.38 bits per heavy atom. The molecule has 1 aromatic carbocycles. The van der Waals surface area contributed by atoms with E-state index in [0.29, 0.717) is 16.5 Å². The van der Waals surface area contributed by atoms with Crippen LogP contribution in [-0.2, 0) is 0 Å². The average molecular weight is 198 g/mol. The van der Waals surface area contributed by atoms with Gasteiger partial charge >= 0.3 is 0 Å². The Morgan fingerprint density at radius 3 is 2.85 bits per heavy atom. The summed E-state index contributed by atoms with van der Waals surface area (Å²) in [6, 6.07) is 4.21. The maximum atomic E-state index is 13.1. The van der Waals surface area contributed by atoms with Gasteiger partial charge in [0, 0.05) is 17.1 Å². The van der Waals surface area contributed by atoms with E-state index < -0.39 is 5.24 Å². The van der Waals surface area contributed by atoms with Crippen molar-refractivity contribution in [2.45, 2.75) is 0 Å². The summed E-state index contributed by atoms with van der Waals surface area (Å²) < 4.78 is 13.1. The van der Waals surface area contributed by atoms with Crippen LogP contribution in [-0.4, -0.2) is 10.2 Å². The van der Waals surface area contributed by atoms with Crippen LogP contribution >= 0.6 is 11.6 Å². The number of fused-ring (bicyclic) bond motifs is 1. The van der Waals surface area contributed by atoms with Crippen LogP contribution in [0.3, 0.4) is 0 Å². The monoisotopic (exact) mass is 197 g/mol. The van der Waals surface area contributed by atoms with Gasteiger partial charge in [-0.1, -0.05) is 0 Å². The molecule has 0 bridgehead atoms. The summed E-state index contributed by atoms with van der Waals surface area (Å²) in [5.41, 5.74) is 0.630. The third-order valence-electron chi connectivity index (χ3n) is 1.88. The highest BCUT2D eigenvalue weighted by Gasteiger charge is 2.10. The smallest absolute Gasteiger partial charge is 0.253 e. The number of aromatic nitrogens is 1. The van der Waals surface area contributed by atoms with Crippen molar-refractivity contribution in [3.63, 3.8) is 0 Å². The maximum absolute atomic E-state index is 13.1. The van der Waals surface area contributed by atoms with Gasteiger partial charge in [0.1, 0.15) is 5.82 Å². The zero-order valence-corrected chi connectivity index (χ0v) is 7.23. The standard InChI is InChI=1S/C9H5ClFNO/c10-9(13)6-1-2-7(11)8-5(6)3-4-12-8/h1-4,12H. The highest BCUT2D eigenvalue weighted by molar-refractivity contribution is 6.68. The zero-order chi connectivity index (χ0) is 9.42. The van der Waals surface area contributed by atoms with Gasteiger partial charge in [0.05, 0.1) is 5.52 Å². The van der Waals surface area contributed by atoms with E-state index in [9.17, 15) is 9.18 Å². The molecule has 66 valence electrons. The molecule has 2 rings (SSSR count). The Bertz CT molecular complexity index is 477. The number of halogens is 2. The van der Waals surface area contributed by atoms with Crippen LogP contribution in [0.25, 0.3) is 10.9 Å².